The average molecular weight is 287 g/mol. The van der Waals surface area contributed by atoms with Crippen molar-refractivity contribution in [2.24, 2.45) is 0 Å². The molecular formula is C16H21N3O2. The van der Waals surface area contributed by atoms with Crippen LogP contribution in [0.5, 0.6) is 0 Å². The van der Waals surface area contributed by atoms with E-state index >= 15 is 0 Å². The summed E-state index contributed by atoms with van der Waals surface area (Å²) < 4.78 is 6.67. The van der Waals surface area contributed by atoms with Gasteiger partial charge in [0.05, 0.1) is 18.1 Å². The van der Waals surface area contributed by atoms with Gasteiger partial charge in [-0.3, -0.25) is 4.79 Å². The molecule has 3 rings (SSSR count). The van der Waals surface area contributed by atoms with E-state index in [1.165, 1.54) is 31.1 Å². The lowest BCUT2D eigenvalue weighted by atomic mass is 9.91. The number of aryl methyl sites for hydroxylation is 3. The minimum absolute atomic E-state index is 0.185. The second-order valence-corrected chi connectivity index (χ2v) is 5.62. The molecule has 0 radical (unpaired) electrons. The van der Waals surface area contributed by atoms with E-state index in [9.17, 15) is 4.79 Å². The van der Waals surface area contributed by atoms with Gasteiger partial charge in [0, 0.05) is 13.0 Å². The van der Waals surface area contributed by atoms with Crippen molar-refractivity contribution in [3.63, 3.8) is 0 Å². The molecule has 0 aliphatic heterocycles. The summed E-state index contributed by atoms with van der Waals surface area (Å²) in [4.78, 5) is 15.7. The summed E-state index contributed by atoms with van der Waals surface area (Å²) in [6.07, 6.45) is 5.90. The van der Waals surface area contributed by atoms with Crippen LogP contribution in [0.3, 0.4) is 0 Å². The van der Waals surface area contributed by atoms with E-state index in [1.807, 2.05) is 4.57 Å². The zero-order valence-corrected chi connectivity index (χ0v) is 12.4. The fraction of sp³-hybridized carbons (Fsp3) is 0.500. The number of carbonyl (C=O) groups excluding carboxylic acids is 1. The van der Waals surface area contributed by atoms with Gasteiger partial charge < -0.3 is 15.0 Å². The Bertz CT molecular complexity index is 676. The van der Waals surface area contributed by atoms with Crippen LogP contribution in [-0.2, 0) is 28.9 Å². The highest BCUT2D eigenvalue weighted by atomic mass is 16.5. The smallest absolute Gasteiger partial charge is 0.305 e. The molecule has 2 aromatic rings. The van der Waals surface area contributed by atoms with Crippen molar-refractivity contribution in [2.45, 2.75) is 45.1 Å². The molecular weight excluding hydrogens is 266 g/mol. The van der Waals surface area contributed by atoms with Crippen LogP contribution in [0.25, 0.3) is 11.0 Å². The standard InChI is InChI=1S/C16H21N3O2/c1-21-15(20)7-4-8-19-14-10-12-6-3-2-5-11(12)9-13(14)18-16(19)17/h9-10H,2-8H2,1H3,(H2,17,18). The Morgan fingerprint density at radius 1 is 1.33 bits per heavy atom. The number of hydrogen-bond donors (Lipinski definition) is 1. The maximum atomic E-state index is 11.2. The maximum absolute atomic E-state index is 11.2. The molecule has 1 aliphatic carbocycles. The number of anilines is 1. The summed E-state index contributed by atoms with van der Waals surface area (Å²) in [7, 11) is 1.41. The molecule has 112 valence electrons. The summed E-state index contributed by atoms with van der Waals surface area (Å²) >= 11 is 0. The first-order valence-corrected chi connectivity index (χ1v) is 7.53. The predicted molar refractivity (Wildman–Crippen MR) is 82.0 cm³/mol. The zero-order chi connectivity index (χ0) is 14.8. The molecule has 0 saturated heterocycles. The normalized spacial score (nSPS) is 14.1. The summed E-state index contributed by atoms with van der Waals surface area (Å²) in [5.41, 5.74) is 10.9. The van der Waals surface area contributed by atoms with Crippen molar-refractivity contribution in [2.75, 3.05) is 12.8 Å². The Balaban J connectivity index is 1.87. The van der Waals surface area contributed by atoms with Gasteiger partial charge in [0.15, 0.2) is 0 Å². The highest BCUT2D eigenvalue weighted by Gasteiger charge is 2.15. The largest absolute Gasteiger partial charge is 0.469 e. The van der Waals surface area contributed by atoms with Crippen molar-refractivity contribution in [1.82, 2.24) is 9.55 Å². The Hall–Kier alpha value is -2.04. The number of ether oxygens (including phenoxy) is 1. The first-order valence-electron chi connectivity index (χ1n) is 7.53. The first kappa shape index (κ1) is 13.9. The van der Waals surface area contributed by atoms with Gasteiger partial charge in [-0.2, -0.15) is 0 Å². The van der Waals surface area contributed by atoms with Crippen LogP contribution in [0, 0.1) is 0 Å². The lowest BCUT2D eigenvalue weighted by molar-refractivity contribution is -0.140. The molecule has 1 heterocycles. The number of methoxy groups -OCH3 is 1. The molecule has 0 bridgehead atoms. The topological polar surface area (TPSA) is 70.1 Å². The van der Waals surface area contributed by atoms with Gasteiger partial charge in [0.1, 0.15) is 0 Å². The number of fused-ring (bicyclic) bond motifs is 2. The summed E-state index contributed by atoms with van der Waals surface area (Å²) in [5, 5.41) is 0. The average Bonchev–Trinajstić information content (AvgIpc) is 2.80. The molecule has 0 spiro atoms. The lowest BCUT2D eigenvalue weighted by Gasteiger charge is -2.15. The number of carbonyl (C=O) groups is 1. The van der Waals surface area contributed by atoms with E-state index in [1.54, 1.807) is 0 Å². The van der Waals surface area contributed by atoms with Crippen LogP contribution < -0.4 is 5.73 Å². The van der Waals surface area contributed by atoms with Gasteiger partial charge in [0.25, 0.3) is 0 Å². The van der Waals surface area contributed by atoms with Crippen molar-refractivity contribution in [3.8, 4) is 0 Å². The number of nitrogen functional groups attached to an aromatic ring is 1. The monoisotopic (exact) mass is 287 g/mol. The molecule has 1 aliphatic rings. The number of esters is 1. The van der Waals surface area contributed by atoms with E-state index < -0.39 is 0 Å². The second-order valence-electron chi connectivity index (χ2n) is 5.62. The van der Waals surface area contributed by atoms with Gasteiger partial charge in [-0.05, 0) is 55.4 Å². The quantitative estimate of drug-likeness (QED) is 0.877. The molecule has 5 nitrogen and oxygen atoms in total. The van der Waals surface area contributed by atoms with E-state index in [0.29, 0.717) is 25.3 Å². The Labute approximate surface area is 124 Å². The first-order chi connectivity index (χ1) is 10.2. The molecule has 0 fully saturated rings. The Kier molecular flexibility index (Phi) is 3.82. The van der Waals surface area contributed by atoms with Crippen LogP contribution in [0.1, 0.15) is 36.8 Å². The van der Waals surface area contributed by atoms with E-state index in [4.69, 9.17) is 5.73 Å². The number of nitrogens with two attached hydrogens (primary N) is 1. The number of hydrogen-bond acceptors (Lipinski definition) is 4. The molecule has 0 amide bonds. The molecule has 21 heavy (non-hydrogen) atoms. The molecule has 0 unspecified atom stereocenters. The third kappa shape index (κ3) is 2.73. The van der Waals surface area contributed by atoms with Crippen LogP contribution in [0.15, 0.2) is 12.1 Å². The Morgan fingerprint density at radius 2 is 2.05 bits per heavy atom. The zero-order valence-electron chi connectivity index (χ0n) is 12.4. The van der Waals surface area contributed by atoms with Crippen LogP contribution >= 0.6 is 0 Å². The minimum Gasteiger partial charge on any atom is -0.469 e. The molecule has 0 saturated carbocycles. The van der Waals surface area contributed by atoms with Crippen molar-refractivity contribution >= 4 is 23.0 Å². The van der Waals surface area contributed by atoms with Gasteiger partial charge in [-0.25, -0.2) is 4.98 Å². The molecule has 0 atom stereocenters. The lowest BCUT2D eigenvalue weighted by Crippen LogP contribution is -2.07. The fourth-order valence-electron chi connectivity index (χ4n) is 3.09. The summed E-state index contributed by atoms with van der Waals surface area (Å²) in [5.74, 6) is 0.340. The number of imidazole rings is 1. The van der Waals surface area contributed by atoms with Crippen LogP contribution in [0.4, 0.5) is 5.95 Å². The molecule has 5 heteroatoms. The number of aromatic nitrogens is 2. The fourth-order valence-corrected chi connectivity index (χ4v) is 3.09. The maximum Gasteiger partial charge on any atom is 0.305 e. The Morgan fingerprint density at radius 3 is 2.76 bits per heavy atom. The number of rotatable bonds is 4. The van der Waals surface area contributed by atoms with Gasteiger partial charge in [-0.1, -0.05) is 0 Å². The molecule has 1 aromatic carbocycles. The molecule has 2 N–H and O–H groups in total. The summed E-state index contributed by atoms with van der Waals surface area (Å²) in [6, 6.07) is 4.41. The van der Waals surface area contributed by atoms with Gasteiger partial charge in [0.2, 0.25) is 5.95 Å². The third-order valence-corrected chi connectivity index (χ3v) is 4.23. The van der Waals surface area contributed by atoms with Crippen molar-refractivity contribution in [3.05, 3.63) is 23.3 Å². The van der Waals surface area contributed by atoms with Crippen LogP contribution in [0.2, 0.25) is 0 Å². The van der Waals surface area contributed by atoms with E-state index in [-0.39, 0.29) is 5.97 Å². The SMILES string of the molecule is COC(=O)CCCn1c(N)nc2cc3c(cc21)CCCC3. The predicted octanol–water partition coefficient (Wildman–Crippen LogP) is 2.45. The van der Waals surface area contributed by atoms with Crippen molar-refractivity contribution < 1.29 is 9.53 Å². The minimum atomic E-state index is -0.185. The van der Waals surface area contributed by atoms with Crippen molar-refractivity contribution in [1.29, 1.82) is 0 Å². The highest BCUT2D eigenvalue weighted by molar-refractivity contribution is 5.80. The number of nitrogens with zero attached hydrogens (tertiary/aromatic N) is 2. The second kappa shape index (κ2) is 5.76. The van der Waals surface area contributed by atoms with Crippen LogP contribution in [-0.4, -0.2) is 22.6 Å². The number of benzene rings is 1. The molecule has 1 aromatic heterocycles. The summed E-state index contributed by atoms with van der Waals surface area (Å²) in [6.45, 7) is 0.691. The van der Waals surface area contributed by atoms with Gasteiger partial charge in [-0.15, -0.1) is 0 Å². The third-order valence-electron chi connectivity index (χ3n) is 4.23. The van der Waals surface area contributed by atoms with Gasteiger partial charge >= 0.3 is 5.97 Å². The van der Waals surface area contributed by atoms with E-state index in [0.717, 1.165) is 23.9 Å². The van der Waals surface area contributed by atoms with E-state index in [2.05, 4.69) is 21.9 Å². The highest BCUT2D eigenvalue weighted by Crippen LogP contribution is 2.28.